The van der Waals surface area contributed by atoms with Crippen LogP contribution in [-0.4, -0.2) is 17.7 Å². The van der Waals surface area contributed by atoms with Crippen molar-refractivity contribution in [1.82, 2.24) is 0 Å². The largest absolute Gasteiger partial charge is 0.425 e. The topological polar surface area (TPSA) is 52.6 Å². The molecule has 0 radical (unpaired) electrons. The van der Waals surface area contributed by atoms with Crippen LogP contribution in [0.4, 0.5) is 4.79 Å². The Labute approximate surface area is 82.1 Å². The Kier molecular flexibility index (Phi) is 5.46. The maximum Gasteiger partial charge on any atom is 0.406 e. The molecule has 5 heteroatoms. The molecule has 2 unspecified atom stereocenters. The Morgan fingerprint density at radius 1 is 1.31 bits per heavy atom. The molecule has 0 saturated heterocycles. The van der Waals surface area contributed by atoms with Crippen LogP contribution in [0.5, 0.6) is 0 Å². The first-order chi connectivity index (χ1) is 5.97. The van der Waals surface area contributed by atoms with E-state index in [2.05, 4.69) is 4.74 Å². The summed E-state index contributed by atoms with van der Waals surface area (Å²) < 4.78 is 9.15. The van der Waals surface area contributed by atoms with E-state index in [9.17, 15) is 9.59 Å². The lowest BCUT2D eigenvalue weighted by Crippen LogP contribution is -2.23. The van der Waals surface area contributed by atoms with E-state index in [0.29, 0.717) is 6.42 Å². The fourth-order valence-electron chi connectivity index (χ4n) is 0.601. The van der Waals surface area contributed by atoms with E-state index in [1.807, 2.05) is 6.92 Å². The zero-order valence-corrected chi connectivity index (χ0v) is 8.63. The van der Waals surface area contributed by atoms with Gasteiger partial charge in [-0.2, -0.15) is 0 Å². The van der Waals surface area contributed by atoms with Crippen molar-refractivity contribution in [3.63, 3.8) is 0 Å². The maximum absolute atomic E-state index is 11.1. The average Bonchev–Trinajstić information content (AvgIpc) is 2.01. The molecule has 2 atom stereocenters. The molecule has 0 N–H and O–H groups in total. The Hall–Kier alpha value is -0.770. The molecule has 0 fully saturated rings. The van der Waals surface area contributed by atoms with Crippen LogP contribution in [0, 0.1) is 5.92 Å². The Balaban J connectivity index is 3.84. The second-order valence-electron chi connectivity index (χ2n) is 2.67. The molecule has 4 nitrogen and oxygen atoms in total. The highest BCUT2D eigenvalue weighted by Crippen LogP contribution is 2.07. The molecule has 0 aliphatic rings. The minimum Gasteiger partial charge on any atom is -0.425 e. The van der Waals surface area contributed by atoms with Crippen molar-refractivity contribution in [1.29, 1.82) is 0 Å². The molecule has 0 rings (SSSR count). The van der Waals surface area contributed by atoms with Crippen LogP contribution in [0.3, 0.4) is 0 Å². The summed E-state index contributed by atoms with van der Waals surface area (Å²) in [5.41, 5.74) is -0.982. The molecule has 0 aromatic rings. The summed E-state index contributed by atoms with van der Waals surface area (Å²) in [7, 11) is 0. The highest BCUT2D eigenvalue weighted by molar-refractivity contribution is 6.61. The lowest BCUT2D eigenvalue weighted by atomic mass is 10.1. The highest BCUT2D eigenvalue weighted by Gasteiger charge is 2.17. The third-order valence-corrected chi connectivity index (χ3v) is 1.64. The van der Waals surface area contributed by atoms with Crippen LogP contribution >= 0.6 is 11.6 Å². The predicted octanol–water partition coefficient (Wildman–Crippen LogP) is 2.30. The van der Waals surface area contributed by atoms with E-state index in [1.54, 1.807) is 6.92 Å². The minimum atomic E-state index is -0.982. The lowest BCUT2D eigenvalue weighted by molar-refractivity contribution is -0.168. The molecule has 0 aliphatic carbocycles. The van der Waals surface area contributed by atoms with Crippen molar-refractivity contribution in [3.05, 3.63) is 0 Å². The molecular weight excluding hydrogens is 196 g/mol. The van der Waals surface area contributed by atoms with Gasteiger partial charge in [-0.3, -0.25) is 4.79 Å². The number of hydrogen-bond donors (Lipinski definition) is 0. The third-order valence-electron chi connectivity index (χ3n) is 1.56. The molecule has 0 aliphatic heterocycles. The molecule has 76 valence electrons. The van der Waals surface area contributed by atoms with Gasteiger partial charge in [0.05, 0.1) is 5.92 Å². The predicted molar refractivity (Wildman–Crippen MR) is 47.3 cm³/mol. The summed E-state index contributed by atoms with van der Waals surface area (Å²) in [5, 5.41) is 0. The molecule has 0 aromatic heterocycles. The van der Waals surface area contributed by atoms with Crippen molar-refractivity contribution in [3.8, 4) is 0 Å². The quantitative estimate of drug-likeness (QED) is 0.404. The fraction of sp³-hybridized carbons (Fsp3) is 0.750. The monoisotopic (exact) mass is 208 g/mol. The number of ether oxygens (including phenoxy) is 2. The number of rotatable bonds is 4. The second-order valence-corrected chi connectivity index (χ2v) is 2.98. The molecule has 13 heavy (non-hydrogen) atoms. The van der Waals surface area contributed by atoms with Gasteiger partial charge in [-0.25, -0.2) is 4.79 Å². The summed E-state index contributed by atoms with van der Waals surface area (Å²) in [6.07, 6.45) is -0.244. The van der Waals surface area contributed by atoms with E-state index in [4.69, 9.17) is 16.3 Å². The summed E-state index contributed by atoms with van der Waals surface area (Å²) in [4.78, 5) is 21.3. The normalized spacial score (nSPS) is 14.5. The van der Waals surface area contributed by atoms with Crippen molar-refractivity contribution < 1.29 is 19.1 Å². The van der Waals surface area contributed by atoms with Gasteiger partial charge in [0.2, 0.25) is 6.29 Å². The average molecular weight is 209 g/mol. The van der Waals surface area contributed by atoms with Crippen LogP contribution in [-0.2, 0) is 14.3 Å². The van der Waals surface area contributed by atoms with Crippen LogP contribution in [0.15, 0.2) is 0 Å². The van der Waals surface area contributed by atoms with Gasteiger partial charge in [0.1, 0.15) is 0 Å². The van der Waals surface area contributed by atoms with Gasteiger partial charge in [0.25, 0.3) is 0 Å². The van der Waals surface area contributed by atoms with Gasteiger partial charge in [0.15, 0.2) is 0 Å². The SMILES string of the molecule is CCC(C)C(=O)OC(C)OC(=O)Cl. The van der Waals surface area contributed by atoms with Crippen molar-refractivity contribution in [2.45, 2.75) is 33.5 Å². The first-order valence-corrected chi connectivity index (χ1v) is 4.41. The van der Waals surface area contributed by atoms with Crippen LogP contribution < -0.4 is 0 Å². The Morgan fingerprint density at radius 2 is 1.85 bits per heavy atom. The van der Waals surface area contributed by atoms with Crippen LogP contribution in [0.1, 0.15) is 27.2 Å². The summed E-state index contributed by atoms with van der Waals surface area (Å²) in [5.74, 6) is -0.593. The summed E-state index contributed by atoms with van der Waals surface area (Å²) >= 11 is 4.92. The number of esters is 1. The van der Waals surface area contributed by atoms with Gasteiger partial charge in [-0.1, -0.05) is 13.8 Å². The standard InChI is InChI=1S/C8H13ClO4/c1-4-5(2)7(10)12-6(3)13-8(9)11/h5-6H,4H2,1-3H3. The molecule has 0 heterocycles. The third kappa shape index (κ3) is 5.47. The number of carbonyl (C=O) groups excluding carboxylic acids is 2. The van der Waals surface area contributed by atoms with E-state index in [0.717, 1.165) is 0 Å². The molecular formula is C8H13ClO4. The molecule has 0 amide bonds. The van der Waals surface area contributed by atoms with Crippen molar-refractivity contribution in [2.75, 3.05) is 0 Å². The zero-order valence-electron chi connectivity index (χ0n) is 7.87. The summed E-state index contributed by atoms with van der Waals surface area (Å²) in [6, 6.07) is 0. The van der Waals surface area contributed by atoms with E-state index in [1.165, 1.54) is 6.92 Å². The number of halogens is 1. The van der Waals surface area contributed by atoms with Crippen molar-refractivity contribution >= 4 is 23.0 Å². The zero-order chi connectivity index (χ0) is 10.4. The summed E-state index contributed by atoms with van der Waals surface area (Å²) in [6.45, 7) is 5.03. The van der Waals surface area contributed by atoms with Crippen LogP contribution in [0.25, 0.3) is 0 Å². The first kappa shape index (κ1) is 12.2. The second kappa shape index (κ2) is 5.80. The van der Waals surface area contributed by atoms with Gasteiger partial charge < -0.3 is 9.47 Å². The van der Waals surface area contributed by atoms with E-state index < -0.39 is 17.7 Å². The number of carbonyl (C=O) groups is 2. The fourth-order valence-corrected chi connectivity index (χ4v) is 0.726. The molecule has 0 bridgehead atoms. The maximum atomic E-state index is 11.1. The van der Waals surface area contributed by atoms with E-state index >= 15 is 0 Å². The Bertz CT molecular complexity index is 193. The van der Waals surface area contributed by atoms with Gasteiger partial charge >= 0.3 is 11.4 Å². The molecule has 0 spiro atoms. The molecule has 0 aromatic carbocycles. The first-order valence-electron chi connectivity index (χ1n) is 4.04. The van der Waals surface area contributed by atoms with Crippen molar-refractivity contribution in [2.24, 2.45) is 5.92 Å². The Morgan fingerprint density at radius 3 is 2.23 bits per heavy atom. The highest BCUT2D eigenvalue weighted by atomic mass is 35.5. The van der Waals surface area contributed by atoms with Gasteiger partial charge in [-0.05, 0) is 6.42 Å². The van der Waals surface area contributed by atoms with Gasteiger partial charge in [0, 0.05) is 18.5 Å². The lowest BCUT2D eigenvalue weighted by Gasteiger charge is -2.14. The van der Waals surface area contributed by atoms with Gasteiger partial charge in [-0.15, -0.1) is 0 Å². The molecule has 0 saturated carbocycles. The number of hydrogen-bond acceptors (Lipinski definition) is 4. The van der Waals surface area contributed by atoms with Crippen LogP contribution in [0.2, 0.25) is 0 Å². The van der Waals surface area contributed by atoms with E-state index in [-0.39, 0.29) is 5.92 Å². The smallest absolute Gasteiger partial charge is 0.406 e. The minimum absolute atomic E-state index is 0.198.